The largest absolute Gasteiger partial charge is 0.379 e. The van der Waals surface area contributed by atoms with Crippen LogP contribution < -0.4 is 5.32 Å². The topological polar surface area (TPSA) is 114 Å². The summed E-state index contributed by atoms with van der Waals surface area (Å²) in [6.45, 7) is 2.83. The molecule has 1 atom stereocenters. The molecule has 110 valence electrons. The van der Waals surface area contributed by atoms with E-state index in [1.54, 1.807) is 13.0 Å². The molecule has 1 aliphatic rings. The van der Waals surface area contributed by atoms with E-state index in [0.717, 1.165) is 5.56 Å². The lowest BCUT2D eigenvalue weighted by Crippen LogP contribution is -2.28. The minimum atomic E-state index is -1.17. The molecular formula is C13H14N4O4. The first-order valence-corrected chi connectivity index (χ1v) is 6.52. The van der Waals surface area contributed by atoms with Crippen molar-refractivity contribution in [1.29, 1.82) is 0 Å². The van der Waals surface area contributed by atoms with Gasteiger partial charge in [-0.3, -0.25) is 10.1 Å². The number of β-amino-alcohol motifs (C(OH)–C–C–N with tert-alkyl or cyclic N) is 1. The highest BCUT2D eigenvalue weighted by Gasteiger charge is 2.39. The highest BCUT2D eigenvalue weighted by molar-refractivity contribution is 5.63. The number of nitro groups is 1. The molecule has 21 heavy (non-hydrogen) atoms. The zero-order valence-electron chi connectivity index (χ0n) is 11.4. The molecule has 8 nitrogen and oxygen atoms in total. The number of aryl methyl sites for hydroxylation is 1. The van der Waals surface area contributed by atoms with Crippen molar-refractivity contribution in [3.05, 3.63) is 39.8 Å². The fourth-order valence-corrected chi connectivity index (χ4v) is 2.35. The number of non-ortho nitro benzene ring substituents is 1. The summed E-state index contributed by atoms with van der Waals surface area (Å²) >= 11 is 0. The molecule has 0 amide bonds. The van der Waals surface area contributed by atoms with Gasteiger partial charge in [-0.2, -0.15) is 4.98 Å². The molecule has 1 unspecified atom stereocenters. The Balaban J connectivity index is 2.00. The van der Waals surface area contributed by atoms with Crippen molar-refractivity contribution in [2.24, 2.45) is 0 Å². The maximum absolute atomic E-state index is 10.9. The lowest BCUT2D eigenvalue weighted by atomic mass is 10.0. The average Bonchev–Trinajstić information content (AvgIpc) is 3.08. The van der Waals surface area contributed by atoms with Crippen LogP contribution in [0.1, 0.15) is 17.9 Å². The molecule has 8 heteroatoms. The fourth-order valence-electron chi connectivity index (χ4n) is 2.35. The molecule has 1 aromatic heterocycles. The van der Waals surface area contributed by atoms with E-state index in [2.05, 4.69) is 15.5 Å². The maximum Gasteiger partial charge on any atom is 0.270 e. The number of aliphatic hydroxyl groups is 1. The fraction of sp³-hybridized carbons (Fsp3) is 0.385. The Morgan fingerprint density at radius 2 is 2.33 bits per heavy atom. The van der Waals surface area contributed by atoms with Gasteiger partial charge in [0.15, 0.2) is 5.60 Å². The van der Waals surface area contributed by atoms with Gasteiger partial charge in [0.05, 0.1) is 4.92 Å². The van der Waals surface area contributed by atoms with Crippen LogP contribution in [0.5, 0.6) is 0 Å². The number of nitrogens with zero attached hydrogens (tertiary/aromatic N) is 3. The van der Waals surface area contributed by atoms with Gasteiger partial charge >= 0.3 is 0 Å². The molecule has 1 aliphatic heterocycles. The van der Waals surface area contributed by atoms with E-state index in [9.17, 15) is 15.2 Å². The van der Waals surface area contributed by atoms with E-state index in [0.29, 0.717) is 25.1 Å². The lowest BCUT2D eigenvalue weighted by Gasteiger charge is -2.14. The minimum absolute atomic E-state index is 0.0387. The van der Waals surface area contributed by atoms with E-state index < -0.39 is 10.5 Å². The summed E-state index contributed by atoms with van der Waals surface area (Å²) < 4.78 is 5.14. The predicted octanol–water partition coefficient (Wildman–Crippen LogP) is 1.13. The second-order valence-electron chi connectivity index (χ2n) is 5.14. The molecule has 0 bridgehead atoms. The second kappa shape index (κ2) is 4.90. The molecule has 0 radical (unpaired) electrons. The van der Waals surface area contributed by atoms with Crippen molar-refractivity contribution in [2.75, 3.05) is 13.1 Å². The van der Waals surface area contributed by atoms with Crippen molar-refractivity contribution in [3.8, 4) is 11.4 Å². The predicted molar refractivity (Wildman–Crippen MR) is 72.5 cm³/mol. The third-order valence-electron chi connectivity index (χ3n) is 3.63. The summed E-state index contributed by atoms with van der Waals surface area (Å²) in [4.78, 5) is 14.6. The lowest BCUT2D eigenvalue weighted by molar-refractivity contribution is -0.384. The van der Waals surface area contributed by atoms with E-state index in [1.165, 1.54) is 12.1 Å². The number of nitro benzene ring substituents is 1. The van der Waals surface area contributed by atoms with Crippen molar-refractivity contribution in [3.63, 3.8) is 0 Å². The summed E-state index contributed by atoms with van der Waals surface area (Å²) in [6, 6.07) is 4.46. The Morgan fingerprint density at radius 3 is 3.00 bits per heavy atom. The zero-order chi connectivity index (χ0) is 15.0. The van der Waals surface area contributed by atoms with Gasteiger partial charge < -0.3 is 14.9 Å². The van der Waals surface area contributed by atoms with Gasteiger partial charge in [-0.05, 0) is 25.5 Å². The molecule has 0 saturated carbocycles. The van der Waals surface area contributed by atoms with Gasteiger partial charge in [-0.15, -0.1) is 0 Å². The normalized spacial score (nSPS) is 21.6. The van der Waals surface area contributed by atoms with Crippen molar-refractivity contribution in [2.45, 2.75) is 18.9 Å². The number of benzene rings is 1. The van der Waals surface area contributed by atoms with Crippen LogP contribution in [0, 0.1) is 17.0 Å². The van der Waals surface area contributed by atoms with Gasteiger partial charge in [-0.1, -0.05) is 11.2 Å². The van der Waals surface area contributed by atoms with Crippen LogP contribution in [-0.4, -0.2) is 33.3 Å². The Hall–Kier alpha value is -2.32. The first kappa shape index (κ1) is 13.7. The van der Waals surface area contributed by atoms with Crippen LogP contribution in [0.2, 0.25) is 0 Å². The van der Waals surface area contributed by atoms with E-state index in [-0.39, 0.29) is 17.4 Å². The van der Waals surface area contributed by atoms with Gasteiger partial charge in [0.25, 0.3) is 11.6 Å². The smallest absolute Gasteiger partial charge is 0.270 e. The minimum Gasteiger partial charge on any atom is -0.379 e. The monoisotopic (exact) mass is 290 g/mol. The van der Waals surface area contributed by atoms with Crippen LogP contribution >= 0.6 is 0 Å². The number of hydrogen-bond acceptors (Lipinski definition) is 7. The van der Waals surface area contributed by atoms with Crippen LogP contribution in [0.15, 0.2) is 22.7 Å². The Kier molecular flexibility index (Phi) is 3.19. The summed E-state index contributed by atoms with van der Waals surface area (Å²) in [7, 11) is 0. The number of hydrogen-bond donors (Lipinski definition) is 2. The molecule has 1 fully saturated rings. The third-order valence-corrected chi connectivity index (χ3v) is 3.63. The van der Waals surface area contributed by atoms with E-state index in [1.807, 2.05) is 0 Å². The van der Waals surface area contributed by atoms with Crippen LogP contribution in [0.4, 0.5) is 5.69 Å². The molecule has 3 rings (SSSR count). The highest BCUT2D eigenvalue weighted by Crippen LogP contribution is 2.30. The van der Waals surface area contributed by atoms with E-state index >= 15 is 0 Å². The van der Waals surface area contributed by atoms with Gasteiger partial charge in [0.1, 0.15) is 0 Å². The quantitative estimate of drug-likeness (QED) is 0.643. The second-order valence-corrected chi connectivity index (χ2v) is 5.14. The maximum atomic E-state index is 10.9. The number of aromatic nitrogens is 2. The highest BCUT2D eigenvalue weighted by atomic mass is 16.6. The molecule has 2 heterocycles. The summed E-state index contributed by atoms with van der Waals surface area (Å²) in [6.07, 6.45) is 0.489. The Bertz CT molecular complexity index is 691. The third kappa shape index (κ3) is 2.39. The Morgan fingerprint density at radius 1 is 1.52 bits per heavy atom. The number of rotatable bonds is 3. The summed E-state index contributed by atoms with van der Waals surface area (Å²) in [5.41, 5.74) is 0.112. The zero-order valence-corrected chi connectivity index (χ0v) is 11.4. The summed E-state index contributed by atoms with van der Waals surface area (Å²) in [5, 5.41) is 28.1. The van der Waals surface area contributed by atoms with Gasteiger partial charge in [0.2, 0.25) is 5.82 Å². The molecule has 0 aliphatic carbocycles. The molecule has 2 N–H and O–H groups in total. The van der Waals surface area contributed by atoms with Gasteiger partial charge in [0, 0.05) is 24.2 Å². The van der Waals surface area contributed by atoms with Crippen LogP contribution in [0.3, 0.4) is 0 Å². The first-order chi connectivity index (χ1) is 9.99. The first-order valence-electron chi connectivity index (χ1n) is 6.52. The Labute approximate surface area is 119 Å². The number of nitrogens with one attached hydrogen (secondary N) is 1. The molecule has 1 aromatic carbocycles. The van der Waals surface area contributed by atoms with Crippen LogP contribution in [-0.2, 0) is 5.60 Å². The van der Waals surface area contributed by atoms with Crippen LogP contribution in [0.25, 0.3) is 11.4 Å². The van der Waals surface area contributed by atoms with Gasteiger partial charge in [-0.25, -0.2) is 0 Å². The molecular weight excluding hydrogens is 276 g/mol. The molecule has 2 aromatic rings. The van der Waals surface area contributed by atoms with Crippen molar-refractivity contribution >= 4 is 5.69 Å². The molecule has 1 saturated heterocycles. The molecule has 0 spiro atoms. The average molecular weight is 290 g/mol. The SMILES string of the molecule is Cc1ccc([N+](=O)[O-])cc1-c1noc(C2(O)CCNC2)n1. The standard InChI is InChI=1S/C13H14N4O4/c1-8-2-3-9(17(19)20)6-10(8)11-15-12(21-16-11)13(18)4-5-14-7-13/h2-3,6,14,18H,4-5,7H2,1H3. The van der Waals surface area contributed by atoms with Crippen molar-refractivity contribution < 1.29 is 14.6 Å². The van der Waals surface area contributed by atoms with E-state index in [4.69, 9.17) is 4.52 Å². The summed E-state index contributed by atoms with van der Waals surface area (Å²) in [5.74, 6) is 0.375. The van der Waals surface area contributed by atoms with Crippen molar-refractivity contribution in [1.82, 2.24) is 15.5 Å².